The Morgan fingerprint density at radius 3 is 2.52 bits per heavy atom. The van der Waals surface area contributed by atoms with E-state index in [2.05, 4.69) is 17.5 Å². The van der Waals surface area contributed by atoms with Crippen molar-refractivity contribution in [2.75, 3.05) is 13.1 Å². The molecule has 1 N–H and O–H groups in total. The van der Waals surface area contributed by atoms with Crippen LogP contribution < -0.4 is 5.32 Å². The summed E-state index contributed by atoms with van der Waals surface area (Å²) in [7, 11) is 0. The van der Waals surface area contributed by atoms with Crippen LogP contribution in [0.5, 0.6) is 0 Å². The van der Waals surface area contributed by atoms with Gasteiger partial charge in [0.15, 0.2) is 0 Å². The summed E-state index contributed by atoms with van der Waals surface area (Å²) in [5, 5.41) is 4.69. The van der Waals surface area contributed by atoms with E-state index in [-0.39, 0.29) is 41.4 Å². The Morgan fingerprint density at radius 2 is 1.91 bits per heavy atom. The lowest BCUT2D eigenvalue weighted by Crippen LogP contribution is -2.35. The molecule has 0 aromatic carbocycles. The number of carbonyl (C=O) groups excluding carboxylic acids is 3. The molecule has 2 fully saturated rings. The molecule has 4 rings (SSSR count). The maximum atomic E-state index is 12.5. The number of allylic oxidation sites excluding steroid dienone is 2. The number of likely N-dealkylation sites (tertiary alicyclic amines) is 1. The summed E-state index contributed by atoms with van der Waals surface area (Å²) >= 11 is 1.40. The molecule has 3 amide bonds. The monoisotopic (exact) mass is 330 g/mol. The summed E-state index contributed by atoms with van der Waals surface area (Å²) in [5.41, 5.74) is 0. The Bertz CT molecular complexity index is 652. The fourth-order valence-corrected chi connectivity index (χ4v) is 4.76. The second-order valence-corrected chi connectivity index (χ2v) is 7.36. The van der Waals surface area contributed by atoms with Gasteiger partial charge in [-0.3, -0.25) is 19.3 Å². The zero-order chi connectivity index (χ0) is 16.0. The Morgan fingerprint density at radius 1 is 1.22 bits per heavy atom. The van der Waals surface area contributed by atoms with Crippen LogP contribution in [0.15, 0.2) is 29.7 Å². The van der Waals surface area contributed by atoms with Gasteiger partial charge in [-0.15, -0.1) is 11.3 Å². The number of rotatable bonds is 5. The normalized spacial score (nSPS) is 31.0. The fraction of sp³-hybridized carbons (Fsp3) is 0.471. The van der Waals surface area contributed by atoms with Gasteiger partial charge in [-0.1, -0.05) is 18.2 Å². The van der Waals surface area contributed by atoms with Crippen molar-refractivity contribution >= 4 is 29.1 Å². The SMILES string of the molecule is O=C(NCCCN1C(=O)[C@H]2[C@H](C1=O)[C@H]1C=C[C@H]2C1)c1cccs1. The van der Waals surface area contributed by atoms with Gasteiger partial charge in [-0.2, -0.15) is 0 Å². The number of thiophene rings is 1. The van der Waals surface area contributed by atoms with Crippen LogP contribution in [0.1, 0.15) is 22.5 Å². The van der Waals surface area contributed by atoms with E-state index < -0.39 is 0 Å². The molecule has 6 heteroatoms. The van der Waals surface area contributed by atoms with Crippen molar-refractivity contribution in [1.82, 2.24) is 10.2 Å². The van der Waals surface area contributed by atoms with Crippen molar-refractivity contribution in [1.29, 1.82) is 0 Å². The zero-order valence-corrected chi connectivity index (χ0v) is 13.4. The van der Waals surface area contributed by atoms with Gasteiger partial charge in [0.25, 0.3) is 5.91 Å². The minimum absolute atomic E-state index is 0.0126. The molecular weight excluding hydrogens is 312 g/mol. The molecule has 2 heterocycles. The molecule has 2 aliphatic carbocycles. The predicted molar refractivity (Wildman–Crippen MR) is 85.7 cm³/mol. The number of hydrogen-bond donors (Lipinski definition) is 1. The first-order valence-corrected chi connectivity index (χ1v) is 8.90. The number of hydrogen-bond acceptors (Lipinski definition) is 4. The van der Waals surface area contributed by atoms with E-state index in [4.69, 9.17) is 0 Å². The molecule has 1 aromatic heterocycles. The Balaban J connectivity index is 1.30. The maximum Gasteiger partial charge on any atom is 0.261 e. The Labute approximate surface area is 138 Å². The second-order valence-electron chi connectivity index (χ2n) is 6.41. The van der Waals surface area contributed by atoms with Gasteiger partial charge in [0.05, 0.1) is 16.7 Å². The smallest absolute Gasteiger partial charge is 0.261 e. The zero-order valence-electron chi connectivity index (χ0n) is 12.6. The first-order valence-electron chi connectivity index (χ1n) is 8.02. The summed E-state index contributed by atoms with van der Waals surface area (Å²) in [6, 6.07) is 3.61. The van der Waals surface area contributed by atoms with Gasteiger partial charge in [0, 0.05) is 13.1 Å². The van der Waals surface area contributed by atoms with Crippen LogP contribution in [0.2, 0.25) is 0 Å². The molecule has 0 radical (unpaired) electrons. The van der Waals surface area contributed by atoms with Gasteiger partial charge >= 0.3 is 0 Å². The highest BCUT2D eigenvalue weighted by Gasteiger charge is 2.58. The quantitative estimate of drug-likeness (QED) is 0.507. The van der Waals surface area contributed by atoms with Crippen molar-refractivity contribution < 1.29 is 14.4 Å². The molecule has 4 atom stereocenters. The Hall–Kier alpha value is -1.95. The van der Waals surface area contributed by atoms with Crippen molar-refractivity contribution in [2.45, 2.75) is 12.8 Å². The Kier molecular flexibility index (Phi) is 3.56. The molecule has 2 bridgehead atoms. The van der Waals surface area contributed by atoms with Crippen molar-refractivity contribution in [3.63, 3.8) is 0 Å². The fourth-order valence-electron chi connectivity index (χ4n) is 4.12. The standard InChI is InChI=1S/C17H18N2O3S/c20-15(12-3-1-8-23-12)18-6-2-7-19-16(21)13-10-4-5-11(9-10)14(13)17(19)22/h1,3-5,8,10-11,13-14H,2,6-7,9H2,(H,18,20)/t10-,11-,13+,14+/m0/s1. The first-order chi connectivity index (χ1) is 11.2. The third-order valence-electron chi connectivity index (χ3n) is 5.15. The first kappa shape index (κ1) is 14.6. The van der Waals surface area contributed by atoms with Crippen LogP contribution in [-0.4, -0.2) is 35.7 Å². The molecule has 1 saturated carbocycles. The number of fused-ring (bicyclic) bond motifs is 5. The number of nitrogens with one attached hydrogen (secondary N) is 1. The van der Waals surface area contributed by atoms with E-state index in [0.29, 0.717) is 24.4 Å². The maximum absolute atomic E-state index is 12.5. The van der Waals surface area contributed by atoms with Gasteiger partial charge in [0.2, 0.25) is 11.8 Å². The van der Waals surface area contributed by atoms with E-state index in [1.54, 1.807) is 6.07 Å². The van der Waals surface area contributed by atoms with E-state index in [1.165, 1.54) is 16.2 Å². The second kappa shape index (κ2) is 5.60. The topological polar surface area (TPSA) is 66.5 Å². The van der Waals surface area contributed by atoms with Crippen LogP contribution in [0.3, 0.4) is 0 Å². The molecule has 1 aliphatic heterocycles. The van der Waals surface area contributed by atoms with Crippen molar-refractivity contribution in [2.24, 2.45) is 23.7 Å². The summed E-state index contributed by atoms with van der Waals surface area (Å²) in [6.45, 7) is 0.864. The van der Waals surface area contributed by atoms with Crippen molar-refractivity contribution in [3.05, 3.63) is 34.5 Å². The highest BCUT2D eigenvalue weighted by atomic mass is 32.1. The number of carbonyl (C=O) groups is 3. The van der Waals surface area contributed by atoms with Crippen LogP contribution in [0.25, 0.3) is 0 Å². The minimum Gasteiger partial charge on any atom is -0.351 e. The van der Waals surface area contributed by atoms with Gasteiger partial charge in [-0.25, -0.2) is 0 Å². The summed E-state index contributed by atoms with van der Waals surface area (Å²) in [6.07, 6.45) is 5.75. The predicted octanol–water partition coefficient (Wildman–Crippen LogP) is 1.68. The molecule has 0 unspecified atom stereocenters. The summed E-state index contributed by atoms with van der Waals surface area (Å²) in [5.74, 6) is 0.132. The molecule has 23 heavy (non-hydrogen) atoms. The van der Waals surface area contributed by atoms with Crippen LogP contribution in [0, 0.1) is 23.7 Å². The molecule has 1 aromatic rings. The van der Waals surface area contributed by atoms with Crippen LogP contribution in [0.4, 0.5) is 0 Å². The third kappa shape index (κ3) is 2.32. The summed E-state index contributed by atoms with van der Waals surface area (Å²) < 4.78 is 0. The molecular formula is C17H18N2O3S. The highest BCUT2D eigenvalue weighted by molar-refractivity contribution is 7.12. The average Bonchev–Trinajstić information content (AvgIpc) is 3.30. The van der Waals surface area contributed by atoms with Gasteiger partial charge in [-0.05, 0) is 36.1 Å². The average molecular weight is 330 g/mol. The minimum atomic E-state index is -0.127. The molecule has 0 spiro atoms. The lowest BCUT2D eigenvalue weighted by molar-refractivity contribution is -0.140. The van der Waals surface area contributed by atoms with Gasteiger partial charge < -0.3 is 5.32 Å². The van der Waals surface area contributed by atoms with Crippen LogP contribution in [-0.2, 0) is 9.59 Å². The lowest BCUT2D eigenvalue weighted by Gasteiger charge is -2.17. The number of imide groups is 1. The number of nitrogens with zero attached hydrogens (tertiary/aromatic N) is 1. The molecule has 5 nitrogen and oxygen atoms in total. The highest BCUT2D eigenvalue weighted by Crippen LogP contribution is 2.52. The third-order valence-corrected chi connectivity index (χ3v) is 6.02. The van der Waals surface area contributed by atoms with E-state index in [9.17, 15) is 14.4 Å². The molecule has 120 valence electrons. The lowest BCUT2D eigenvalue weighted by atomic mass is 9.85. The van der Waals surface area contributed by atoms with Gasteiger partial charge in [0.1, 0.15) is 0 Å². The molecule has 1 saturated heterocycles. The van der Waals surface area contributed by atoms with Crippen molar-refractivity contribution in [3.8, 4) is 0 Å². The number of amides is 3. The largest absolute Gasteiger partial charge is 0.351 e. The van der Waals surface area contributed by atoms with E-state index in [1.807, 2.05) is 11.4 Å². The van der Waals surface area contributed by atoms with Crippen LogP contribution >= 0.6 is 11.3 Å². The van der Waals surface area contributed by atoms with E-state index in [0.717, 1.165) is 6.42 Å². The van der Waals surface area contributed by atoms with E-state index >= 15 is 0 Å². The summed E-state index contributed by atoms with van der Waals surface area (Å²) in [4.78, 5) is 38.9. The molecule has 3 aliphatic rings.